The van der Waals surface area contributed by atoms with E-state index in [1.165, 1.54) is 14.7 Å². The van der Waals surface area contributed by atoms with Gasteiger partial charge in [-0.3, -0.25) is 0 Å². The van der Waals surface area contributed by atoms with Crippen LogP contribution in [-0.2, 0) is 6.42 Å². The molecule has 0 saturated heterocycles. The molecule has 90 valence electrons. The van der Waals surface area contributed by atoms with E-state index in [-0.39, 0.29) is 0 Å². The van der Waals surface area contributed by atoms with Crippen molar-refractivity contribution in [3.05, 3.63) is 57.6 Å². The van der Waals surface area contributed by atoms with E-state index in [2.05, 4.69) is 59.1 Å². The van der Waals surface area contributed by atoms with E-state index >= 15 is 0 Å². The molecule has 0 radical (unpaired) electrons. The van der Waals surface area contributed by atoms with E-state index in [4.69, 9.17) is 4.42 Å². The topological polar surface area (TPSA) is 25.2 Å². The van der Waals surface area contributed by atoms with Gasteiger partial charge in [0.25, 0.3) is 0 Å². The SMILES string of the molecule is CCNC(Cc1ccoc1)c1cccc(I)c1. The molecule has 3 heteroatoms. The van der Waals surface area contributed by atoms with Crippen LogP contribution >= 0.6 is 22.6 Å². The second-order valence-electron chi connectivity index (χ2n) is 4.00. The van der Waals surface area contributed by atoms with E-state index in [0.717, 1.165) is 13.0 Å². The first kappa shape index (κ1) is 12.6. The number of hydrogen-bond acceptors (Lipinski definition) is 2. The van der Waals surface area contributed by atoms with Crippen LogP contribution in [0, 0.1) is 3.57 Å². The van der Waals surface area contributed by atoms with E-state index in [0.29, 0.717) is 6.04 Å². The first-order valence-corrected chi connectivity index (χ1v) is 6.87. The molecule has 0 aliphatic carbocycles. The molecule has 1 atom stereocenters. The summed E-state index contributed by atoms with van der Waals surface area (Å²) in [6.07, 6.45) is 4.51. The summed E-state index contributed by atoms with van der Waals surface area (Å²) in [5.41, 5.74) is 2.56. The summed E-state index contributed by atoms with van der Waals surface area (Å²) < 4.78 is 6.40. The van der Waals surface area contributed by atoms with Gasteiger partial charge in [0.05, 0.1) is 12.5 Å². The monoisotopic (exact) mass is 341 g/mol. The van der Waals surface area contributed by atoms with Crippen molar-refractivity contribution in [1.29, 1.82) is 0 Å². The minimum Gasteiger partial charge on any atom is -0.472 e. The quantitative estimate of drug-likeness (QED) is 0.838. The first-order valence-electron chi connectivity index (χ1n) is 5.79. The normalized spacial score (nSPS) is 12.6. The number of likely N-dealkylation sites (N-methyl/N-ethyl adjacent to an activating group) is 1. The lowest BCUT2D eigenvalue weighted by molar-refractivity contribution is 0.534. The molecule has 1 unspecified atom stereocenters. The van der Waals surface area contributed by atoms with Crippen LogP contribution in [0.4, 0.5) is 0 Å². The van der Waals surface area contributed by atoms with Gasteiger partial charge in [0.15, 0.2) is 0 Å². The molecule has 1 aromatic carbocycles. The lowest BCUT2D eigenvalue weighted by atomic mass is 10.0. The average Bonchev–Trinajstić information content (AvgIpc) is 2.81. The summed E-state index contributed by atoms with van der Waals surface area (Å²) in [4.78, 5) is 0. The molecule has 0 fully saturated rings. The molecule has 2 nitrogen and oxygen atoms in total. The van der Waals surface area contributed by atoms with Gasteiger partial charge in [0.2, 0.25) is 0 Å². The van der Waals surface area contributed by atoms with E-state index in [9.17, 15) is 0 Å². The molecule has 1 N–H and O–H groups in total. The summed E-state index contributed by atoms with van der Waals surface area (Å²) in [7, 11) is 0. The summed E-state index contributed by atoms with van der Waals surface area (Å²) in [5.74, 6) is 0. The maximum atomic E-state index is 5.12. The molecule has 0 bridgehead atoms. The predicted octanol–water partition coefficient (Wildman–Crippen LogP) is 3.78. The van der Waals surface area contributed by atoms with Gasteiger partial charge in [-0.05, 0) is 64.9 Å². The lowest BCUT2D eigenvalue weighted by Crippen LogP contribution is -2.22. The highest BCUT2D eigenvalue weighted by atomic mass is 127. The Morgan fingerprint density at radius 3 is 2.88 bits per heavy atom. The number of furan rings is 1. The molecule has 2 rings (SSSR count). The smallest absolute Gasteiger partial charge is 0.0935 e. The second-order valence-corrected chi connectivity index (χ2v) is 5.25. The Morgan fingerprint density at radius 1 is 1.35 bits per heavy atom. The fourth-order valence-electron chi connectivity index (χ4n) is 1.92. The standard InChI is InChI=1S/C14H16INO/c1-2-16-14(8-11-6-7-17-10-11)12-4-3-5-13(15)9-12/h3-7,9-10,14,16H,2,8H2,1H3. The maximum Gasteiger partial charge on any atom is 0.0935 e. The Kier molecular flexibility index (Phi) is 4.62. The van der Waals surface area contributed by atoms with E-state index in [1.54, 1.807) is 6.26 Å². The van der Waals surface area contributed by atoms with Crippen molar-refractivity contribution in [3.8, 4) is 0 Å². The largest absolute Gasteiger partial charge is 0.472 e. The van der Waals surface area contributed by atoms with E-state index in [1.807, 2.05) is 12.3 Å². The van der Waals surface area contributed by atoms with Crippen LogP contribution in [0.1, 0.15) is 24.1 Å². The van der Waals surface area contributed by atoms with Gasteiger partial charge in [-0.2, -0.15) is 0 Å². The molecule has 1 heterocycles. The average molecular weight is 341 g/mol. The summed E-state index contributed by atoms with van der Waals surface area (Å²) in [6.45, 7) is 3.10. The maximum absolute atomic E-state index is 5.12. The Labute approximate surface area is 116 Å². The molecule has 17 heavy (non-hydrogen) atoms. The number of benzene rings is 1. The van der Waals surface area contributed by atoms with Crippen molar-refractivity contribution < 1.29 is 4.42 Å². The zero-order valence-corrected chi connectivity index (χ0v) is 12.0. The number of nitrogens with one attached hydrogen (secondary N) is 1. The van der Waals surface area contributed by atoms with Gasteiger partial charge in [0.1, 0.15) is 0 Å². The van der Waals surface area contributed by atoms with Crippen LogP contribution in [0.3, 0.4) is 0 Å². The fraction of sp³-hybridized carbons (Fsp3) is 0.286. The van der Waals surface area contributed by atoms with Gasteiger partial charge in [-0.1, -0.05) is 19.1 Å². The molecule has 0 saturated carbocycles. The van der Waals surface area contributed by atoms with Crippen LogP contribution < -0.4 is 5.32 Å². The Bertz CT molecular complexity index is 453. The molecular weight excluding hydrogens is 325 g/mol. The molecule has 2 aromatic rings. The van der Waals surface area contributed by atoms with Gasteiger partial charge >= 0.3 is 0 Å². The Balaban J connectivity index is 2.16. The van der Waals surface area contributed by atoms with Gasteiger partial charge < -0.3 is 9.73 Å². The minimum atomic E-state index is 0.354. The van der Waals surface area contributed by atoms with Crippen LogP contribution in [0.15, 0.2) is 47.3 Å². The molecule has 0 amide bonds. The zero-order chi connectivity index (χ0) is 12.1. The van der Waals surface area contributed by atoms with Crippen molar-refractivity contribution in [1.82, 2.24) is 5.32 Å². The van der Waals surface area contributed by atoms with Crippen molar-refractivity contribution in [2.24, 2.45) is 0 Å². The third-order valence-electron chi connectivity index (χ3n) is 2.72. The van der Waals surface area contributed by atoms with Crippen LogP contribution in [0.2, 0.25) is 0 Å². The summed E-state index contributed by atoms with van der Waals surface area (Å²) >= 11 is 2.35. The van der Waals surface area contributed by atoms with Crippen molar-refractivity contribution >= 4 is 22.6 Å². The molecule has 0 spiro atoms. The number of rotatable bonds is 5. The fourth-order valence-corrected chi connectivity index (χ4v) is 2.49. The molecule has 0 aliphatic rings. The number of halogens is 1. The van der Waals surface area contributed by atoms with Crippen LogP contribution in [0.25, 0.3) is 0 Å². The Morgan fingerprint density at radius 2 is 2.24 bits per heavy atom. The third-order valence-corrected chi connectivity index (χ3v) is 3.39. The second kappa shape index (κ2) is 6.21. The molecule has 0 aliphatic heterocycles. The van der Waals surface area contributed by atoms with Crippen LogP contribution in [0.5, 0.6) is 0 Å². The summed E-state index contributed by atoms with van der Waals surface area (Å²) in [5, 5.41) is 3.52. The van der Waals surface area contributed by atoms with Crippen molar-refractivity contribution in [3.63, 3.8) is 0 Å². The first-order chi connectivity index (χ1) is 8.29. The van der Waals surface area contributed by atoms with Crippen LogP contribution in [-0.4, -0.2) is 6.54 Å². The minimum absolute atomic E-state index is 0.354. The molecule has 1 aromatic heterocycles. The van der Waals surface area contributed by atoms with E-state index < -0.39 is 0 Å². The van der Waals surface area contributed by atoms with Gasteiger partial charge in [-0.25, -0.2) is 0 Å². The Hall–Kier alpha value is -0.810. The summed E-state index contributed by atoms with van der Waals surface area (Å²) in [6, 6.07) is 11.0. The highest BCUT2D eigenvalue weighted by Crippen LogP contribution is 2.20. The molecular formula is C14H16INO. The predicted molar refractivity (Wildman–Crippen MR) is 78.0 cm³/mol. The highest BCUT2D eigenvalue weighted by Gasteiger charge is 2.11. The highest BCUT2D eigenvalue weighted by molar-refractivity contribution is 14.1. The lowest BCUT2D eigenvalue weighted by Gasteiger charge is -2.17. The van der Waals surface area contributed by atoms with Crippen molar-refractivity contribution in [2.45, 2.75) is 19.4 Å². The van der Waals surface area contributed by atoms with Gasteiger partial charge in [-0.15, -0.1) is 0 Å². The zero-order valence-electron chi connectivity index (χ0n) is 9.82. The van der Waals surface area contributed by atoms with Crippen molar-refractivity contribution in [2.75, 3.05) is 6.54 Å². The van der Waals surface area contributed by atoms with Gasteiger partial charge in [0, 0.05) is 9.61 Å². The number of hydrogen-bond donors (Lipinski definition) is 1. The third kappa shape index (κ3) is 3.57.